The smallest absolute Gasteiger partial charge is 0.239 e. The molecule has 2 fully saturated rings. The van der Waals surface area contributed by atoms with Crippen molar-refractivity contribution >= 4 is 42.3 Å². The summed E-state index contributed by atoms with van der Waals surface area (Å²) in [7, 11) is 0. The lowest BCUT2D eigenvalue weighted by Crippen LogP contribution is -2.51. The van der Waals surface area contributed by atoms with E-state index in [1.807, 2.05) is 24.3 Å². The summed E-state index contributed by atoms with van der Waals surface area (Å²) in [6.45, 7) is 6.09. The second kappa shape index (κ2) is 13.7. The molecule has 0 saturated carbocycles. The Labute approximate surface area is 183 Å². The zero-order valence-corrected chi connectivity index (χ0v) is 18.0. The molecule has 2 saturated heterocycles. The van der Waals surface area contributed by atoms with Crippen molar-refractivity contribution in [2.45, 2.75) is 19.0 Å². The molecule has 1 aromatic carbocycles. The van der Waals surface area contributed by atoms with Gasteiger partial charge in [-0.2, -0.15) is 0 Å². The number of carbonyl (C=O) groups excluding carboxylic acids is 2. The normalized spacial score (nSPS) is 19.4. The first kappa shape index (κ1) is 25.6. The molecule has 2 heterocycles. The van der Waals surface area contributed by atoms with Gasteiger partial charge < -0.3 is 25.4 Å². The molecule has 3 N–H and O–H groups in total. The number of nitrogens with one attached hydrogen (secondary N) is 3. The van der Waals surface area contributed by atoms with Crippen LogP contribution < -0.4 is 16.0 Å². The van der Waals surface area contributed by atoms with Gasteiger partial charge in [-0.1, -0.05) is 12.1 Å². The van der Waals surface area contributed by atoms with E-state index in [9.17, 15) is 9.59 Å². The van der Waals surface area contributed by atoms with Gasteiger partial charge in [0.05, 0.1) is 26.4 Å². The third-order valence-electron chi connectivity index (χ3n) is 4.67. The highest BCUT2D eigenvalue weighted by atomic mass is 35.5. The van der Waals surface area contributed by atoms with Crippen LogP contribution in [0.15, 0.2) is 24.3 Å². The van der Waals surface area contributed by atoms with E-state index in [0.717, 1.165) is 44.1 Å². The molecule has 1 aromatic rings. The molecular formula is C19H30Cl2N4O4. The molecule has 0 radical (unpaired) electrons. The van der Waals surface area contributed by atoms with E-state index in [1.165, 1.54) is 0 Å². The van der Waals surface area contributed by atoms with Gasteiger partial charge in [-0.3, -0.25) is 14.5 Å². The number of halogens is 2. The van der Waals surface area contributed by atoms with E-state index in [0.29, 0.717) is 32.7 Å². The van der Waals surface area contributed by atoms with Crippen molar-refractivity contribution in [3.05, 3.63) is 29.8 Å². The molecule has 8 nitrogen and oxygen atoms in total. The largest absolute Gasteiger partial charge is 0.379 e. The fourth-order valence-electron chi connectivity index (χ4n) is 3.11. The number of amides is 2. The second-order valence-electron chi connectivity index (χ2n) is 6.75. The zero-order chi connectivity index (χ0) is 18.9. The molecule has 2 aliphatic rings. The summed E-state index contributed by atoms with van der Waals surface area (Å²) in [5.41, 5.74) is 1.68. The van der Waals surface area contributed by atoms with Gasteiger partial charge in [-0.25, -0.2) is 0 Å². The maximum Gasteiger partial charge on any atom is 0.239 e. The number of anilines is 1. The van der Waals surface area contributed by atoms with Crippen molar-refractivity contribution in [2.24, 2.45) is 0 Å². The SMILES string of the molecule is Cl.Cl.O=C(CCN1CCOCC1)Nc1cccc(CNC(=O)C2COCCN2)c1. The second-order valence-corrected chi connectivity index (χ2v) is 6.75. The Hall–Kier alpha value is -1.42. The van der Waals surface area contributed by atoms with Gasteiger partial charge in [0.2, 0.25) is 11.8 Å². The van der Waals surface area contributed by atoms with Gasteiger partial charge in [-0.05, 0) is 17.7 Å². The number of ether oxygens (including phenoxy) is 2. The quantitative estimate of drug-likeness (QED) is 0.571. The van der Waals surface area contributed by atoms with E-state index >= 15 is 0 Å². The van der Waals surface area contributed by atoms with Crippen LogP contribution in [0.25, 0.3) is 0 Å². The fraction of sp³-hybridized carbons (Fsp3) is 0.579. The molecule has 164 valence electrons. The highest BCUT2D eigenvalue weighted by molar-refractivity contribution is 5.91. The predicted octanol–water partition coefficient (Wildman–Crippen LogP) is 0.796. The van der Waals surface area contributed by atoms with Gasteiger partial charge in [0.25, 0.3) is 0 Å². The number of nitrogens with zero attached hydrogens (tertiary/aromatic N) is 1. The number of hydrogen-bond donors (Lipinski definition) is 3. The molecule has 3 rings (SSSR count). The van der Waals surface area contributed by atoms with Crippen LogP contribution in [0.3, 0.4) is 0 Å². The molecule has 29 heavy (non-hydrogen) atoms. The van der Waals surface area contributed by atoms with Crippen molar-refractivity contribution in [2.75, 3.05) is 57.9 Å². The van der Waals surface area contributed by atoms with Gasteiger partial charge in [0, 0.05) is 44.8 Å². The Morgan fingerprint density at radius 1 is 1.14 bits per heavy atom. The number of morpholine rings is 2. The molecule has 0 spiro atoms. The summed E-state index contributed by atoms with van der Waals surface area (Å²) in [5.74, 6) is -0.0825. The van der Waals surface area contributed by atoms with E-state index in [2.05, 4.69) is 20.9 Å². The molecule has 0 aliphatic carbocycles. The van der Waals surface area contributed by atoms with Crippen LogP contribution >= 0.6 is 24.8 Å². The minimum absolute atomic E-state index is 0. The van der Waals surface area contributed by atoms with Crippen LogP contribution in [0.1, 0.15) is 12.0 Å². The summed E-state index contributed by atoms with van der Waals surface area (Å²) in [6, 6.07) is 7.24. The van der Waals surface area contributed by atoms with E-state index in [-0.39, 0.29) is 42.7 Å². The Morgan fingerprint density at radius 2 is 1.93 bits per heavy atom. The highest BCUT2D eigenvalue weighted by Crippen LogP contribution is 2.11. The summed E-state index contributed by atoms with van der Waals surface area (Å²) in [5, 5.41) is 8.96. The average molecular weight is 449 g/mol. The minimum atomic E-state index is -0.304. The van der Waals surface area contributed by atoms with Crippen molar-refractivity contribution in [3.63, 3.8) is 0 Å². The van der Waals surface area contributed by atoms with Crippen LogP contribution in [0.2, 0.25) is 0 Å². The number of benzene rings is 1. The molecule has 1 atom stereocenters. The third-order valence-corrected chi connectivity index (χ3v) is 4.67. The van der Waals surface area contributed by atoms with Crippen LogP contribution in [0.4, 0.5) is 5.69 Å². The molecule has 2 aliphatic heterocycles. The Balaban J connectivity index is 0.00000210. The zero-order valence-electron chi connectivity index (χ0n) is 16.4. The molecule has 0 aromatic heterocycles. The first-order chi connectivity index (χ1) is 13.2. The van der Waals surface area contributed by atoms with Gasteiger partial charge >= 0.3 is 0 Å². The Morgan fingerprint density at radius 3 is 2.66 bits per heavy atom. The third kappa shape index (κ3) is 8.86. The van der Waals surface area contributed by atoms with Crippen LogP contribution in [-0.4, -0.2) is 75.4 Å². The predicted molar refractivity (Wildman–Crippen MR) is 116 cm³/mol. The van der Waals surface area contributed by atoms with Crippen LogP contribution in [0.5, 0.6) is 0 Å². The monoisotopic (exact) mass is 448 g/mol. The van der Waals surface area contributed by atoms with Gasteiger partial charge in [0.15, 0.2) is 0 Å². The van der Waals surface area contributed by atoms with Gasteiger partial charge in [0.1, 0.15) is 6.04 Å². The summed E-state index contributed by atoms with van der Waals surface area (Å²) in [6.07, 6.45) is 0.453. The summed E-state index contributed by atoms with van der Waals surface area (Å²) < 4.78 is 10.6. The number of hydrogen-bond acceptors (Lipinski definition) is 6. The van der Waals surface area contributed by atoms with Crippen LogP contribution in [0, 0.1) is 0 Å². The molecule has 1 unspecified atom stereocenters. The molecule has 0 bridgehead atoms. The minimum Gasteiger partial charge on any atom is -0.379 e. The molecular weight excluding hydrogens is 419 g/mol. The maximum absolute atomic E-state index is 12.2. The first-order valence-electron chi connectivity index (χ1n) is 9.48. The topological polar surface area (TPSA) is 91.9 Å². The standard InChI is InChI=1S/C19H28N4O4.2ClH/c24-18(4-6-23-7-10-26-11-8-23)22-16-3-1-2-15(12-16)13-21-19(25)17-14-27-9-5-20-17;;/h1-3,12,17,20H,4-11,13-14H2,(H,21,25)(H,22,24);2*1H. The molecule has 2 amide bonds. The highest BCUT2D eigenvalue weighted by Gasteiger charge is 2.20. The fourth-order valence-corrected chi connectivity index (χ4v) is 3.11. The average Bonchev–Trinajstić information content (AvgIpc) is 2.72. The van der Waals surface area contributed by atoms with Crippen LogP contribution in [-0.2, 0) is 25.6 Å². The van der Waals surface area contributed by atoms with E-state index in [1.54, 1.807) is 0 Å². The van der Waals surface area contributed by atoms with Gasteiger partial charge in [-0.15, -0.1) is 24.8 Å². The maximum atomic E-state index is 12.2. The lowest BCUT2D eigenvalue weighted by molar-refractivity contribution is -0.126. The van der Waals surface area contributed by atoms with E-state index in [4.69, 9.17) is 9.47 Å². The Bertz CT molecular complexity index is 638. The van der Waals surface area contributed by atoms with Crippen molar-refractivity contribution in [3.8, 4) is 0 Å². The first-order valence-corrected chi connectivity index (χ1v) is 9.48. The summed E-state index contributed by atoms with van der Waals surface area (Å²) >= 11 is 0. The lowest BCUT2D eigenvalue weighted by atomic mass is 10.2. The van der Waals surface area contributed by atoms with Crippen molar-refractivity contribution in [1.82, 2.24) is 15.5 Å². The Kier molecular flexibility index (Phi) is 12.1. The van der Waals surface area contributed by atoms with Crippen molar-refractivity contribution in [1.29, 1.82) is 0 Å². The lowest BCUT2D eigenvalue weighted by Gasteiger charge is -2.26. The number of carbonyl (C=O) groups is 2. The molecule has 10 heteroatoms. The number of rotatable bonds is 7. The summed E-state index contributed by atoms with van der Waals surface area (Å²) in [4.78, 5) is 26.5. The van der Waals surface area contributed by atoms with E-state index < -0.39 is 0 Å². The van der Waals surface area contributed by atoms with Crippen molar-refractivity contribution < 1.29 is 19.1 Å².